The first-order chi connectivity index (χ1) is 13.3. The molecule has 2 aliphatic rings. The van der Waals surface area contributed by atoms with Crippen molar-refractivity contribution in [3.63, 3.8) is 0 Å². The summed E-state index contributed by atoms with van der Waals surface area (Å²) in [6, 6.07) is 9.76. The van der Waals surface area contributed by atoms with Gasteiger partial charge < -0.3 is 14.5 Å². The second-order valence-corrected chi connectivity index (χ2v) is 7.45. The highest BCUT2D eigenvalue weighted by Gasteiger charge is 2.25. The number of rotatable bonds is 7. The summed E-state index contributed by atoms with van der Waals surface area (Å²) in [5, 5.41) is 7.55. The number of aromatic nitrogens is 2. The lowest BCUT2D eigenvalue weighted by molar-refractivity contribution is -0.132. The molecular formula is C21H28N4O2. The van der Waals surface area contributed by atoms with Crippen molar-refractivity contribution in [2.24, 2.45) is 0 Å². The molecule has 0 radical (unpaired) electrons. The molecule has 27 heavy (non-hydrogen) atoms. The number of hydrogen-bond acceptors (Lipinski definition) is 4. The van der Waals surface area contributed by atoms with Crippen LogP contribution in [0.5, 0.6) is 5.75 Å². The lowest BCUT2D eigenvalue weighted by atomic mass is 10.0. The number of carbonyl (C=O) groups excluding carboxylic acids is 1. The zero-order valence-electron chi connectivity index (χ0n) is 15.8. The van der Waals surface area contributed by atoms with E-state index in [1.54, 1.807) is 0 Å². The van der Waals surface area contributed by atoms with Crippen molar-refractivity contribution in [1.29, 1.82) is 0 Å². The fourth-order valence-electron chi connectivity index (χ4n) is 3.97. The van der Waals surface area contributed by atoms with Crippen LogP contribution in [0.25, 0.3) is 0 Å². The van der Waals surface area contributed by atoms with E-state index in [1.165, 1.54) is 25.9 Å². The van der Waals surface area contributed by atoms with Crippen LogP contribution in [0.1, 0.15) is 42.6 Å². The number of fused-ring (bicyclic) bond motifs is 1. The molecule has 1 fully saturated rings. The number of benzene rings is 1. The number of nitrogens with zero attached hydrogens (tertiary/aromatic N) is 3. The van der Waals surface area contributed by atoms with E-state index in [0.717, 1.165) is 48.6 Å². The van der Waals surface area contributed by atoms with Crippen molar-refractivity contribution >= 4 is 5.91 Å². The van der Waals surface area contributed by atoms with Crippen LogP contribution in [0.2, 0.25) is 0 Å². The molecule has 0 bridgehead atoms. The van der Waals surface area contributed by atoms with Crippen LogP contribution < -0.4 is 4.74 Å². The van der Waals surface area contributed by atoms with E-state index in [1.807, 2.05) is 35.2 Å². The number of nitrogens with one attached hydrogen (secondary N) is 1. The second-order valence-electron chi connectivity index (χ2n) is 7.45. The summed E-state index contributed by atoms with van der Waals surface area (Å²) in [7, 11) is 0. The number of aromatic amines is 1. The molecule has 1 saturated heterocycles. The maximum atomic E-state index is 12.6. The molecule has 0 spiro atoms. The van der Waals surface area contributed by atoms with Gasteiger partial charge >= 0.3 is 0 Å². The molecule has 2 aliphatic heterocycles. The number of carbonyl (C=O) groups is 1. The Bertz CT molecular complexity index is 753. The minimum absolute atomic E-state index is 0.260. The lowest BCUT2D eigenvalue weighted by Gasteiger charge is -2.27. The summed E-state index contributed by atoms with van der Waals surface area (Å²) < 4.78 is 5.84. The van der Waals surface area contributed by atoms with E-state index in [-0.39, 0.29) is 5.91 Å². The van der Waals surface area contributed by atoms with Gasteiger partial charge in [-0.2, -0.15) is 5.10 Å². The lowest BCUT2D eigenvalue weighted by Crippen LogP contribution is -2.36. The largest absolute Gasteiger partial charge is 0.487 e. The Labute approximate surface area is 160 Å². The van der Waals surface area contributed by atoms with E-state index in [9.17, 15) is 4.79 Å². The first-order valence-electron chi connectivity index (χ1n) is 10.0. The van der Waals surface area contributed by atoms with Crippen LogP contribution in [-0.4, -0.2) is 52.1 Å². The summed E-state index contributed by atoms with van der Waals surface area (Å²) in [6.45, 7) is 5.28. The molecular weight excluding hydrogens is 340 g/mol. The molecule has 2 aromatic rings. The second kappa shape index (κ2) is 8.57. The van der Waals surface area contributed by atoms with E-state index in [0.29, 0.717) is 19.6 Å². The van der Waals surface area contributed by atoms with Crippen molar-refractivity contribution in [2.75, 3.05) is 26.2 Å². The molecule has 1 amide bonds. The van der Waals surface area contributed by atoms with Gasteiger partial charge in [0.25, 0.3) is 0 Å². The van der Waals surface area contributed by atoms with Gasteiger partial charge in [-0.05, 0) is 51.0 Å². The van der Waals surface area contributed by atoms with Crippen LogP contribution in [0.3, 0.4) is 0 Å². The predicted molar refractivity (Wildman–Crippen MR) is 103 cm³/mol. The van der Waals surface area contributed by atoms with Gasteiger partial charge in [0.1, 0.15) is 18.1 Å². The van der Waals surface area contributed by atoms with Gasteiger partial charge in [0, 0.05) is 37.2 Å². The molecule has 1 aromatic carbocycles. The highest BCUT2D eigenvalue weighted by molar-refractivity contribution is 5.76. The number of likely N-dealkylation sites (tertiary alicyclic amines) is 1. The average Bonchev–Trinajstić information content (AvgIpc) is 3.36. The Balaban J connectivity index is 1.30. The Morgan fingerprint density at radius 1 is 1.15 bits per heavy atom. The third kappa shape index (κ3) is 4.50. The van der Waals surface area contributed by atoms with Crippen LogP contribution in [0, 0.1) is 0 Å². The zero-order chi connectivity index (χ0) is 18.5. The summed E-state index contributed by atoms with van der Waals surface area (Å²) in [5.74, 6) is 1.09. The molecule has 3 heterocycles. The van der Waals surface area contributed by atoms with Crippen molar-refractivity contribution in [2.45, 2.75) is 45.3 Å². The normalized spacial score (nSPS) is 17.1. The topological polar surface area (TPSA) is 61.5 Å². The Hall–Kier alpha value is -2.34. The summed E-state index contributed by atoms with van der Waals surface area (Å²) in [6.07, 6.45) is 5.04. The Morgan fingerprint density at radius 3 is 2.78 bits per heavy atom. The standard InChI is InChI=1S/C21H28N4O2/c26-21(9-6-13-24-11-4-5-12-24)25-14-10-19-18(15-25)20(23-22-19)16-27-17-7-2-1-3-8-17/h1-3,7-8H,4-6,9-16H2,(H,22,23). The zero-order valence-corrected chi connectivity index (χ0v) is 15.8. The molecule has 0 unspecified atom stereocenters. The highest BCUT2D eigenvalue weighted by Crippen LogP contribution is 2.22. The maximum absolute atomic E-state index is 12.6. The third-order valence-electron chi connectivity index (χ3n) is 5.55. The SMILES string of the molecule is O=C(CCCN1CCCC1)N1CCc2[nH]nc(COc3ccccc3)c2C1. The van der Waals surface area contributed by atoms with Crippen molar-refractivity contribution in [3.8, 4) is 5.75 Å². The van der Waals surface area contributed by atoms with Crippen LogP contribution >= 0.6 is 0 Å². The first kappa shape index (κ1) is 18.0. The summed E-state index contributed by atoms with van der Waals surface area (Å²) >= 11 is 0. The molecule has 144 valence electrons. The van der Waals surface area contributed by atoms with Crippen LogP contribution in [0.15, 0.2) is 30.3 Å². The fourth-order valence-corrected chi connectivity index (χ4v) is 3.97. The quantitative estimate of drug-likeness (QED) is 0.816. The predicted octanol–water partition coefficient (Wildman–Crippen LogP) is 2.75. The summed E-state index contributed by atoms with van der Waals surface area (Å²) in [5.41, 5.74) is 3.18. The minimum Gasteiger partial charge on any atom is -0.487 e. The molecule has 1 N–H and O–H groups in total. The Kier molecular flexibility index (Phi) is 5.72. The molecule has 4 rings (SSSR count). The number of H-pyrrole nitrogens is 1. The van der Waals surface area contributed by atoms with E-state index in [2.05, 4.69) is 15.1 Å². The molecule has 6 nitrogen and oxygen atoms in total. The minimum atomic E-state index is 0.260. The van der Waals surface area contributed by atoms with Crippen LogP contribution in [-0.2, 0) is 24.4 Å². The van der Waals surface area contributed by atoms with Gasteiger partial charge in [-0.1, -0.05) is 18.2 Å². The Morgan fingerprint density at radius 2 is 1.96 bits per heavy atom. The first-order valence-corrected chi connectivity index (χ1v) is 10.0. The van der Waals surface area contributed by atoms with Crippen LogP contribution in [0.4, 0.5) is 0 Å². The number of ether oxygens (including phenoxy) is 1. The molecule has 0 atom stereocenters. The maximum Gasteiger partial charge on any atom is 0.222 e. The van der Waals surface area contributed by atoms with Gasteiger partial charge in [-0.3, -0.25) is 9.89 Å². The summed E-state index contributed by atoms with van der Waals surface area (Å²) in [4.78, 5) is 17.1. The molecule has 1 aromatic heterocycles. The van der Waals surface area contributed by atoms with E-state index >= 15 is 0 Å². The smallest absolute Gasteiger partial charge is 0.222 e. The van der Waals surface area contributed by atoms with Gasteiger partial charge in [-0.15, -0.1) is 0 Å². The monoisotopic (exact) mass is 368 g/mol. The molecule has 0 saturated carbocycles. The van der Waals surface area contributed by atoms with Gasteiger partial charge in [0.05, 0.1) is 0 Å². The van der Waals surface area contributed by atoms with E-state index < -0.39 is 0 Å². The average molecular weight is 368 g/mol. The van der Waals surface area contributed by atoms with Gasteiger partial charge in [-0.25, -0.2) is 0 Å². The molecule has 0 aliphatic carbocycles. The van der Waals surface area contributed by atoms with Gasteiger partial charge in [0.15, 0.2) is 0 Å². The van der Waals surface area contributed by atoms with Crippen molar-refractivity contribution in [3.05, 3.63) is 47.3 Å². The van der Waals surface area contributed by atoms with Crippen molar-refractivity contribution < 1.29 is 9.53 Å². The van der Waals surface area contributed by atoms with Crippen molar-refractivity contribution in [1.82, 2.24) is 20.0 Å². The number of hydrogen-bond donors (Lipinski definition) is 1. The molecule has 6 heteroatoms. The number of amides is 1. The third-order valence-corrected chi connectivity index (χ3v) is 5.55. The fraction of sp³-hybridized carbons (Fsp3) is 0.524. The highest BCUT2D eigenvalue weighted by atomic mass is 16.5. The number of para-hydroxylation sites is 1. The van der Waals surface area contributed by atoms with E-state index in [4.69, 9.17) is 4.74 Å². The van der Waals surface area contributed by atoms with Gasteiger partial charge in [0.2, 0.25) is 5.91 Å².